The van der Waals surface area contributed by atoms with Crippen LogP contribution in [0.3, 0.4) is 0 Å². The summed E-state index contributed by atoms with van der Waals surface area (Å²) in [4.78, 5) is 9.33. The summed E-state index contributed by atoms with van der Waals surface area (Å²) in [6.07, 6.45) is 7.94. The molecule has 1 aliphatic carbocycles. The molecule has 0 aromatic rings. The van der Waals surface area contributed by atoms with Crippen LogP contribution in [0.5, 0.6) is 0 Å². The van der Waals surface area contributed by atoms with E-state index in [1.165, 1.54) is 32.1 Å². The second-order valence-corrected chi connectivity index (χ2v) is 6.77. The van der Waals surface area contributed by atoms with E-state index in [1.54, 1.807) is 0 Å². The Balaban J connectivity index is 1.50. The van der Waals surface area contributed by atoms with Crippen LogP contribution < -0.4 is 11.1 Å². The van der Waals surface area contributed by atoms with Crippen LogP contribution in [-0.2, 0) is 4.74 Å². The number of rotatable bonds is 8. The molecule has 3 N–H and O–H groups in total. The van der Waals surface area contributed by atoms with Gasteiger partial charge in [-0.2, -0.15) is 0 Å². The van der Waals surface area contributed by atoms with Crippen molar-refractivity contribution in [3.63, 3.8) is 0 Å². The molecule has 134 valence electrons. The SMILES string of the molecule is CN(CCNC(N)=NCCCN1CCOCC1)C1CCCCC1. The molecule has 0 unspecified atom stereocenters. The number of nitrogens with two attached hydrogens (primary N) is 1. The minimum atomic E-state index is 0.587. The van der Waals surface area contributed by atoms with Crippen molar-refractivity contribution < 1.29 is 4.74 Å². The summed E-state index contributed by atoms with van der Waals surface area (Å²) in [5.41, 5.74) is 5.94. The van der Waals surface area contributed by atoms with Crippen LogP contribution in [0.15, 0.2) is 4.99 Å². The van der Waals surface area contributed by atoms with Gasteiger partial charge >= 0.3 is 0 Å². The highest BCUT2D eigenvalue weighted by atomic mass is 16.5. The molecule has 2 rings (SSSR count). The van der Waals surface area contributed by atoms with E-state index in [1.807, 2.05) is 0 Å². The minimum Gasteiger partial charge on any atom is -0.379 e. The molecule has 6 heteroatoms. The summed E-state index contributed by atoms with van der Waals surface area (Å²) < 4.78 is 5.35. The fourth-order valence-electron chi connectivity index (χ4n) is 3.44. The van der Waals surface area contributed by atoms with Gasteiger partial charge in [-0.05, 0) is 26.3 Å². The molecule has 2 aliphatic rings. The third kappa shape index (κ3) is 7.50. The van der Waals surface area contributed by atoms with E-state index in [0.29, 0.717) is 5.96 Å². The number of hydrogen-bond donors (Lipinski definition) is 2. The predicted octanol–water partition coefficient (Wildman–Crippen LogP) is 0.878. The molecule has 0 aromatic carbocycles. The largest absolute Gasteiger partial charge is 0.379 e. The van der Waals surface area contributed by atoms with Gasteiger partial charge in [0.25, 0.3) is 0 Å². The lowest BCUT2D eigenvalue weighted by Gasteiger charge is -2.31. The van der Waals surface area contributed by atoms with Gasteiger partial charge in [0, 0.05) is 45.3 Å². The van der Waals surface area contributed by atoms with Gasteiger partial charge in [-0.15, -0.1) is 0 Å². The molecule has 0 bridgehead atoms. The predicted molar refractivity (Wildman–Crippen MR) is 95.9 cm³/mol. The van der Waals surface area contributed by atoms with Gasteiger partial charge in [0.1, 0.15) is 0 Å². The van der Waals surface area contributed by atoms with Crippen molar-refractivity contribution in [2.24, 2.45) is 10.7 Å². The Hall–Kier alpha value is -0.850. The van der Waals surface area contributed by atoms with E-state index >= 15 is 0 Å². The van der Waals surface area contributed by atoms with Crippen molar-refractivity contribution >= 4 is 5.96 Å². The van der Waals surface area contributed by atoms with E-state index < -0.39 is 0 Å². The topological polar surface area (TPSA) is 66.1 Å². The average Bonchev–Trinajstić information content (AvgIpc) is 2.60. The van der Waals surface area contributed by atoms with Crippen LogP contribution >= 0.6 is 0 Å². The van der Waals surface area contributed by atoms with E-state index in [-0.39, 0.29) is 0 Å². The maximum Gasteiger partial charge on any atom is 0.188 e. The third-order valence-electron chi connectivity index (χ3n) is 4.99. The van der Waals surface area contributed by atoms with Gasteiger partial charge < -0.3 is 20.7 Å². The fourth-order valence-corrected chi connectivity index (χ4v) is 3.44. The Bertz CT molecular complexity index is 338. The number of morpholine rings is 1. The maximum absolute atomic E-state index is 5.94. The van der Waals surface area contributed by atoms with Crippen LogP contribution in [0.1, 0.15) is 38.5 Å². The molecular weight excluding hydrogens is 290 g/mol. The van der Waals surface area contributed by atoms with Crippen LogP contribution in [0.25, 0.3) is 0 Å². The van der Waals surface area contributed by atoms with Gasteiger partial charge in [-0.25, -0.2) is 0 Å². The van der Waals surface area contributed by atoms with Crippen molar-refractivity contribution in [3.05, 3.63) is 0 Å². The number of guanidine groups is 1. The maximum atomic E-state index is 5.94. The minimum absolute atomic E-state index is 0.587. The average molecular weight is 326 g/mol. The molecule has 0 radical (unpaired) electrons. The van der Waals surface area contributed by atoms with E-state index in [0.717, 1.165) is 64.9 Å². The quantitative estimate of drug-likeness (QED) is 0.394. The zero-order valence-corrected chi connectivity index (χ0v) is 14.8. The van der Waals surface area contributed by atoms with Gasteiger partial charge in [-0.3, -0.25) is 9.89 Å². The molecule has 1 heterocycles. The van der Waals surface area contributed by atoms with Gasteiger partial charge in [-0.1, -0.05) is 19.3 Å². The lowest BCUT2D eigenvalue weighted by Crippen LogP contribution is -2.41. The molecule has 23 heavy (non-hydrogen) atoms. The van der Waals surface area contributed by atoms with E-state index in [2.05, 4.69) is 27.2 Å². The first-order chi connectivity index (χ1) is 11.3. The van der Waals surface area contributed by atoms with Crippen LogP contribution in [0.2, 0.25) is 0 Å². The second kappa shape index (κ2) is 10.8. The van der Waals surface area contributed by atoms with Crippen molar-refractivity contribution in [3.8, 4) is 0 Å². The number of likely N-dealkylation sites (N-methyl/N-ethyl adjacent to an activating group) is 1. The molecule has 0 aromatic heterocycles. The summed E-state index contributed by atoms with van der Waals surface area (Å²) >= 11 is 0. The Kier molecular flexibility index (Phi) is 8.71. The highest BCUT2D eigenvalue weighted by Crippen LogP contribution is 2.21. The molecule has 1 saturated heterocycles. The van der Waals surface area contributed by atoms with E-state index in [9.17, 15) is 0 Å². The molecule has 6 nitrogen and oxygen atoms in total. The lowest BCUT2D eigenvalue weighted by atomic mass is 9.94. The Morgan fingerprint density at radius 1 is 1.26 bits per heavy atom. The summed E-state index contributed by atoms with van der Waals surface area (Å²) in [6, 6.07) is 0.761. The molecule has 0 atom stereocenters. The second-order valence-electron chi connectivity index (χ2n) is 6.77. The van der Waals surface area contributed by atoms with Gasteiger partial charge in [0.05, 0.1) is 13.2 Å². The van der Waals surface area contributed by atoms with Gasteiger partial charge in [0.15, 0.2) is 5.96 Å². The smallest absolute Gasteiger partial charge is 0.188 e. The summed E-state index contributed by atoms with van der Waals surface area (Å²) in [5, 5.41) is 3.24. The van der Waals surface area contributed by atoms with Crippen LogP contribution in [0.4, 0.5) is 0 Å². The molecule has 0 spiro atoms. The molecular formula is C17H35N5O. The number of nitrogens with zero attached hydrogens (tertiary/aromatic N) is 3. The van der Waals surface area contributed by atoms with Crippen molar-refractivity contribution in [2.75, 3.05) is 59.5 Å². The first-order valence-electron chi connectivity index (χ1n) is 9.30. The highest BCUT2D eigenvalue weighted by Gasteiger charge is 2.17. The molecule has 1 aliphatic heterocycles. The highest BCUT2D eigenvalue weighted by molar-refractivity contribution is 5.77. The normalized spacial score (nSPS) is 21.7. The number of ether oxygens (including phenoxy) is 1. The van der Waals surface area contributed by atoms with Crippen LogP contribution in [-0.4, -0.2) is 81.3 Å². The summed E-state index contributed by atoms with van der Waals surface area (Å²) in [6.45, 7) is 7.62. The molecule has 1 saturated carbocycles. The molecule has 2 fully saturated rings. The Morgan fingerprint density at radius 3 is 2.74 bits per heavy atom. The fraction of sp³-hybridized carbons (Fsp3) is 0.941. The van der Waals surface area contributed by atoms with Crippen LogP contribution in [0, 0.1) is 0 Å². The van der Waals surface area contributed by atoms with Crippen molar-refractivity contribution in [2.45, 2.75) is 44.6 Å². The summed E-state index contributed by atoms with van der Waals surface area (Å²) in [7, 11) is 2.23. The number of nitrogens with one attached hydrogen (secondary N) is 1. The Morgan fingerprint density at radius 2 is 2.00 bits per heavy atom. The van der Waals surface area contributed by atoms with Crippen molar-refractivity contribution in [1.82, 2.24) is 15.1 Å². The zero-order valence-electron chi connectivity index (χ0n) is 14.8. The molecule has 0 amide bonds. The van der Waals surface area contributed by atoms with Gasteiger partial charge in [0.2, 0.25) is 0 Å². The number of aliphatic imine (C=N–C) groups is 1. The standard InChI is InChI=1S/C17H35N5O/c1-21(16-6-3-2-4-7-16)11-9-20-17(18)19-8-5-10-22-12-14-23-15-13-22/h16H,2-15H2,1H3,(H3,18,19,20). The monoisotopic (exact) mass is 325 g/mol. The summed E-state index contributed by atoms with van der Waals surface area (Å²) in [5.74, 6) is 0.587. The Labute approximate surface area is 141 Å². The number of hydrogen-bond acceptors (Lipinski definition) is 4. The first kappa shape index (κ1) is 18.5. The zero-order chi connectivity index (χ0) is 16.3. The van der Waals surface area contributed by atoms with E-state index in [4.69, 9.17) is 10.5 Å². The first-order valence-corrected chi connectivity index (χ1v) is 9.30. The third-order valence-corrected chi connectivity index (χ3v) is 4.99. The lowest BCUT2D eigenvalue weighted by molar-refractivity contribution is 0.0377. The van der Waals surface area contributed by atoms with Crippen molar-refractivity contribution in [1.29, 1.82) is 0 Å².